The van der Waals surface area contributed by atoms with Crippen LogP contribution in [-0.4, -0.2) is 50.6 Å². The maximum atomic E-state index is 2.40. The molecule has 0 saturated heterocycles. The summed E-state index contributed by atoms with van der Waals surface area (Å²) >= 11 is 0. The van der Waals surface area contributed by atoms with E-state index in [2.05, 4.69) is 68.2 Å². The number of hydrogen-bond acceptors (Lipinski definition) is 2. The second kappa shape index (κ2) is 6.66. The minimum Gasteiger partial charge on any atom is -0.308 e. The van der Waals surface area contributed by atoms with Gasteiger partial charge in [-0.25, -0.2) is 0 Å². The average Bonchev–Trinajstić information content (AvgIpc) is 2.27. The van der Waals surface area contributed by atoms with E-state index in [9.17, 15) is 0 Å². The summed E-state index contributed by atoms with van der Waals surface area (Å²) in [6.07, 6.45) is 0. The monoisotopic (exact) mass is 220 g/mol. The van der Waals surface area contributed by atoms with Crippen LogP contribution in [0.4, 0.5) is 0 Å². The summed E-state index contributed by atoms with van der Waals surface area (Å²) in [5.41, 5.74) is 1.43. The van der Waals surface area contributed by atoms with Crippen LogP contribution in [0, 0.1) is 0 Å². The van der Waals surface area contributed by atoms with Gasteiger partial charge in [-0.05, 0) is 32.6 Å². The molecule has 0 spiro atoms. The number of benzene rings is 1. The van der Waals surface area contributed by atoms with Crippen LogP contribution in [0.2, 0.25) is 0 Å². The molecule has 90 valence electrons. The van der Waals surface area contributed by atoms with Gasteiger partial charge in [-0.1, -0.05) is 37.3 Å². The van der Waals surface area contributed by atoms with E-state index in [-0.39, 0.29) is 0 Å². The van der Waals surface area contributed by atoms with E-state index in [1.54, 1.807) is 0 Å². The molecule has 0 fully saturated rings. The van der Waals surface area contributed by atoms with Crippen LogP contribution in [0.1, 0.15) is 18.4 Å². The van der Waals surface area contributed by atoms with Gasteiger partial charge in [0.1, 0.15) is 0 Å². The molecule has 1 aromatic rings. The lowest BCUT2D eigenvalue weighted by atomic mass is 10.0. The van der Waals surface area contributed by atoms with E-state index in [0.717, 1.165) is 19.6 Å². The third-order valence-electron chi connectivity index (χ3n) is 2.88. The number of nitrogens with zero attached hydrogens (tertiary/aromatic N) is 2. The Bertz CT molecular complexity index is 282. The van der Waals surface area contributed by atoms with Gasteiger partial charge in [0.15, 0.2) is 0 Å². The van der Waals surface area contributed by atoms with E-state index in [1.165, 1.54) is 5.56 Å². The molecule has 0 aromatic heterocycles. The lowest BCUT2D eigenvalue weighted by Crippen LogP contribution is -2.31. The molecule has 1 aromatic carbocycles. The minimum atomic E-state index is 0.605. The van der Waals surface area contributed by atoms with Crippen molar-refractivity contribution in [1.82, 2.24) is 9.80 Å². The first kappa shape index (κ1) is 13.2. The molecule has 2 heteroatoms. The van der Waals surface area contributed by atoms with Crippen molar-refractivity contribution in [3.63, 3.8) is 0 Å². The second-order valence-electron chi connectivity index (χ2n) is 4.88. The largest absolute Gasteiger partial charge is 0.308 e. The summed E-state index contributed by atoms with van der Waals surface area (Å²) in [6, 6.07) is 10.7. The summed E-state index contributed by atoms with van der Waals surface area (Å²) in [4.78, 5) is 4.63. The topological polar surface area (TPSA) is 6.48 Å². The fraction of sp³-hybridized carbons (Fsp3) is 0.571. The predicted molar refractivity (Wildman–Crippen MR) is 70.9 cm³/mol. The molecule has 0 aliphatic carbocycles. The van der Waals surface area contributed by atoms with Crippen LogP contribution in [0.15, 0.2) is 30.3 Å². The molecule has 0 amide bonds. The highest BCUT2D eigenvalue weighted by molar-refractivity contribution is 5.18. The summed E-state index contributed by atoms with van der Waals surface area (Å²) in [7, 11) is 6.44. The molecule has 2 nitrogen and oxygen atoms in total. The van der Waals surface area contributed by atoms with Gasteiger partial charge in [0, 0.05) is 19.6 Å². The smallest absolute Gasteiger partial charge is 0.0106 e. The van der Waals surface area contributed by atoms with E-state index >= 15 is 0 Å². The molecule has 0 aliphatic rings. The first-order valence-corrected chi connectivity index (χ1v) is 5.98. The third-order valence-corrected chi connectivity index (χ3v) is 2.88. The zero-order chi connectivity index (χ0) is 12.0. The number of likely N-dealkylation sites (N-methyl/N-ethyl adjacent to an activating group) is 2. The van der Waals surface area contributed by atoms with Gasteiger partial charge < -0.3 is 9.80 Å². The molecule has 0 aliphatic heterocycles. The Morgan fingerprint density at radius 1 is 1.00 bits per heavy atom. The van der Waals surface area contributed by atoms with Crippen LogP contribution in [0.5, 0.6) is 0 Å². The Hall–Kier alpha value is -0.860. The molecule has 16 heavy (non-hydrogen) atoms. The van der Waals surface area contributed by atoms with Crippen LogP contribution < -0.4 is 0 Å². The maximum Gasteiger partial charge on any atom is 0.0106 e. The maximum absolute atomic E-state index is 2.40. The molecule has 0 saturated carbocycles. The van der Waals surface area contributed by atoms with E-state index in [0.29, 0.717) is 5.92 Å². The molecule has 1 rings (SSSR count). The summed E-state index contributed by atoms with van der Waals surface area (Å²) in [5, 5.41) is 0. The van der Waals surface area contributed by atoms with Crippen LogP contribution >= 0.6 is 0 Å². The highest BCUT2D eigenvalue weighted by Gasteiger charge is 2.08. The highest BCUT2D eigenvalue weighted by Crippen LogP contribution is 2.15. The van der Waals surface area contributed by atoms with Crippen LogP contribution in [0.3, 0.4) is 0 Å². The van der Waals surface area contributed by atoms with Gasteiger partial charge in [-0.3, -0.25) is 0 Å². The van der Waals surface area contributed by atoms with Crippen molar-refractivity contribution in [3.8, 4) is 0 Å². The standard InChI is InChI=1S/C14H24N2/c1-13(14-8-6-5-7-9-14)12-16(4)11-10-15(2)3/h5-9,13H,10-12H2,1-4H3. The quantitative estimate of drug-likeness (QED) is 0.726. The van der Waals surface area contributed by atoms with Crippen molar-refractivity contribution in [3.05, 3.63) is 35.9 Å². The summed E-state index contributed by atoms with van der Waals surface area (Å²) in [5.74, 6) is 0.605. The molecule has 1 unspecified atom stereocenters. The molecule has 0 N–H and O–H groups in total. The van der Waals surface area contributed by atoms with Gasteiger partial charge in [0.05, 0.1) is 0 Å². The molecular formula is C14H24N2. The summed E-state index contributed by atoms with van der Waals surface area (Å²) < 4.78 is 0. The molecule has 1 atom stereocenters. The fourth-order valence-electron chi connectivity index (χ4n) is 1.82. The SMILES string of the molecule is CC(CN(C)CCN(C)C)c1ccccc1. The Balaban J connectivity index is 2.36. The van der Waals surface area contributed by atoms with Crippen molar-refractivity contribution in [2.24, 2.45) is 0 Å². The van der Waals surface area contributed by atoms with E-state index < -0.39 is 0 Å². The summed E-state index contributed by atoms with van der Waals surface area (Å²) in [6.45, 7) is 5.67. The third kappa shape index (κ3) is 4.77. The molecule has 0 radical (unpaired) electrons. The Labute approximate surface area is 99.9 Å². The van der Waals surface area contributed by atoms with Crippen molar-refractivity contribution in [1.29, 1.82) is 0 Å². The first-order chi connectivity index (χ1) is 7.59. The van der Waals surface area contributed by atoms with Gasteiger partial charge >= 0.3 is 0 Å². The zero-order valence-corrected chi connectivity index (χ0v) is 11.0. The lowest BCUT2D eigenvalue weighted by Gasteiger charge is -2.23. The predicted octanol–water partition coefficient (Wildman–Crippen LogP) is 2.28. The number of rotatable bonds is 6. The Morgan fingerprint density at radius 3 is 2.19 bits per heavy atom. The van der Waals surface area contributed by atoms with E-state index in [1.807, 2.05) is 0 Å². The van der Waals surface area contributed by atoms with Crippen LogP contribution in [-0.2, 0) is 0 Å². The van der Waals surface area contributed by atoms with Gasteiger partial charge in [-0.15, -0.1) is 0 Å². The average molecular weight is 220 g/mol. The first-order valence-electron chi connectivity index (χ1n) is 5.98. The van der Waals surface area contributed by atoms with Gasteiger partial charge in [0.2, 0.25) is 0 Å². The van der Waals surface area contributed by atoms with Gasteiger partial charge in [-0.2, -0.15) is 0 Å². The molecule has 0 heterocycles. The molecule has 0 bridgehead atoms. The van der Waals surface area contributed by atoms with E-state index in [4.69, 9.17) is 0 Å². The lowest BCUT2D eigenvalue weighted by molar-refractivity contribution is 0.272. The Morgan fingerprint density at radius 2 is 1.62 bits per heavy atom. The number of hydrogen-bond donors (Lipinski definition) is 0. The fourth-order valence-corrected chi connectivity index (χ4v) is 1.82. The van der Waals surface area contributed by atoms with Crippen molar-refractivity contribution in [2.45, 2.75) is 12.8 Å². The highest BCUT2D eigenvalue weighted by atomic mass is 15.1. The van der Waals surface area contributed by atoms with Crippen molar-refractivity contribution < 1.29 is 0 Å². The zero-order valence-electron chi connectivity index (χ0n) is 11.0. The molecular weight excluding hydrogens is 196 g/mol. The van der Waals surface area contributed by atoms with Crippen molar-refractivity contribution >= 4 is 0 Å². The van der Waals surface area contributed by atoms with Gasteiger partial charge in [0.25, 0.3) is 0 Å². The van der Waals surface area contributed by atoms with Crippen LogP contribution in [0.25, 0.3) is 0 Å². The van der Waals surface area contributed by atoms with Crippen molar-refractivity contribution in [2.75, 3.05) is 40.8 Å². The normalized spacial score (nSPS) is 13.4. The second-order valence-corrected chi connectivity index (χ2v) is 4.88. The minimum absolute atomic E-state index is 0.605. The Kier molecular flexibility index (Phi) is 5.50.